The third-order valence-electron chi connectivity index (χ3n) is 10.9. The lowest BCUT2D eigenvalue weighted by Gasteiger charge is -2.58. The minimum atomic E-state index is -1.41. The van der Waals surface area contributed by atoms with E-state index in [0.717, 1.165) is 12.8 Å². The summed E-state index contributed by atoms with van der Waals surface area (Å²) in [6.07, 6.45) is 3.41. The van der Waals surface area contributed by atoms with E-state index in [-0.39, 0.29) is 42.9 Å². The summed E-state index contributed by atoms with van der Waals surface area (Å²) in [5.74, 6) is 0.335. The number of aromatic nitrogens is 3. The molecule has 3 rings (SSSR count). The molecule has 0 amide bonds. The first kappa shape index (κ1) is 41.8. The second kappa shape index (κ2) is 18.3. The van der Waals surface area contributed by atoms with Crippen LogP contribution in [0.2, 0.25) is 5.28 Å². The van der Waals surface area contributed by atoms with E-state index in [1.54, 1.807) is 0 Å². The zero-order valence-corrected chi connectivity index (χ0v) is 29.5. The molecule has 49 heavy (non-hydrogen) atoms. The Kier molecular flexibility index (Phi) is 15.6. The highest BCUT2D eigenvalue weighted by Gasteiger charge is 2.56. The summed E-state index contributed by atoms with van der Waals surface area (Å²) in [7, 11) is 0. The predicted octanol–water partition coefficient (Wildman–Crippen LogP) is -2.54. The topological polar surface area (TPSA) is 254 Å². The monoisotopic (exact) mass is 723 g/mol. The number of hydrogen-bond donors (Lipinski definition) is 10. The summed E-state index contributed by atoms with van der Waals surface area (Å²) in [5.41, 5.74) is -5.62. The first-order valence-electron chi connectivity index (χ1n) is 17.1. The minimum absolute atomic E-state index is 0.120. The molecule has 2 fully saturated rings. The van der Waals surface area contributed by atoms with Crippen molar-refractivity contribution in [2.24, 2.45) is 0 Å². The Morgan fingerprint density at radius 1 is 0.551 bits per heavy atom. The average molecular weight is 724 g/mol. The van der Waals surface area contributed by atoms with Crippen molar-refractivity contribution >= 4 is 23.5 Å². The van der Waals surface area contributed by atoms with Crippen molar-refractivity contribution in [2.75, 3.05) is 89.2 Å². The molecule has 2 aliphatic rings. The highest BCUT2D eigenvalue weighted by atomic mass is 35.5. The SMILES string of the molecule is CCCCN(c1nc(Cl)nc(N(CCCC)C2CC(CO)(CO)N(CO)C(CO)(CO)C2)n1)C1CC(CO)(CO)N(CO)C(CO)(CO)C1. The van der Waals surface area contributed by atoms with E-state index in [9.17, 15) is 51.1 Å². The fourth-order valence-electron chi connectivity index (χ4n) is 7.92. The van der Waals surface area contributed by atoms with Crippen molar-refractivity contribution in [2.45, 2.75) is 99.5 Å². The number of nitrogens with zero attached hydrogens (tertiary/aromatic N) is 7. The van der Waals surface area contributed by atoms with Crippen LogP contribution >= 0.6 is 11.6 Å². The van der Waals surface area contributed by atoms with Gasteiger partial charge in [-0.15, -0.1) is 0 Å². The van der Waals surface area contributed by atoms with Crippen molar-refractivity contribution in [1.29, 1.82) is 0 Å². The fourth-order valence-corrected chi connectivity index (χ4v) is 8.07. The van der Waals surface area contributed by atoms with Crippen LogP contribution in [0.3, 0.4) is 0 Å². The second-order valence-electron chi connectivity index (χ2n) is 13.7. The number of hydrogen-bond acceptors (Lipinski definition) is 17. The molecular formula is C31H58ClN7O10. The molecule has 0 aliphatic carbocycles. The van der Waals surface area contributed by atoms with Gasteiger partial charge in [-0.3, -0.25) is 9.80 Å². The van der Waals surface area contributed by atoms with Gasteiger partial charge in [0.05, 0.1) is 88.5 Å². The van der Waals surface area contributed by atoms with E-state index in [1.165, 1.54) is 9.80 Å². The number of anilines is 2. The Morgan fingerprint density at radius 3 is 1.06 bits per heavy atom. The standard InChI is InChI=1S/C31H58ClN7O10/c1-3-5-7-36(23-9-28(13-40,14-41)38(21-48)29(10-23,15-42)16-43)26-33-25(32)34-27(35-26)37(8-6-4-2)24-11-30(17-44,18-45)39(22-49)31(12-24,19-46)20-47/h23-24,40-49H,3-22H2,1-2H3. The van der Waals surface area contributed by atoms with Gasteiger partial charge in [-0.1, -0.05) is 26.7 Å². The highest BCUT2D eigenvalue weighted by Crippen LogP contribution is 2.43. The summed E-state index contributed by atoms with van der Waals surface area (Å²) < 4.78 is 0. The number of halogens is 1. The Morgan fingerprint density at radius 2 is 0.837 bits per heavy atom. The zero-order chi connectivity index (χ0) is 36.5. The average Bonchev–Trinajstić information content (AvgIpc) is 3.13. The zero-order valence-electron chi connectivity index (χ0n) is 28.8. The van der Waals surface area contributed by atoms with Gasteiger partial charge in [-0.05, 0) is 50.1 Å². The molecule has 0 aromatic carbocycles. The smallest absolute Gasteiger partial charge is 0.231 e. The molecule has 18 heteroatoms. The van der Waals surface area contributed by atoms with Gasteiger partial charge < -0.3 is 60.9 Å². The molecule has 2 aliphatic heterocycles. The van der Waals surface area contributed by atoms with E-state index >= 15 is 0 Å². The van der Waals surface area contributed by atoms with Crippen LogP contribution in [-0.2, 0) is 0 Å². The Bertz CT molecular complexity index is 1020. The summed E-state index contributed by atoms with van der Waals surface area (Å²) in [4.78, 5) is 20.3. The van der Waals surface area contributed by atoms with Crippen LogP contribution in [0.15, 0.2) is 0 Å². The van der Waals surface area contributed by atoms with Gasteiger partial charge in [0.15, 0.2) is 0 Å². The molecule has 10 N–H and O–H groups in total. The van der Waals surface area contributed by atoms with Crippen LogP contribution in [-0.4, -0.2) is 189 Å². The van der Waals surface area contributed by atoms with E-state index in [2.05, 4.69) is 9.97 Å². The number of piperidine rings is 2. The molecule has 2 saturated heterocycles. The second-order valence-corrected chi connectivity index (χ2v) is 14.1. The lowest BCUT2D eigenvalue weighted by molar-refractivity contribution is -0.175. The van der Waals surface area contributed by atoms with Gasteiger partial charge in [0, 0.05) is 25.2 Å². The number of aliphatic hydroxyl groups excluding tert-OH is 10. The van der Waals surface area contributed by atoms with Gasteiger partial charge >= 0.3 is 0 Å². The van der Waals surface area contributed by atoms with Gasteiger partial charge in [0.25, 0.3) is 0 Å². The first-order valence-corrected chi connectivity index (χ1v) is 17.5. The normalized spacial score (nSPS) is 21.2. The fraction of sp³-hybridized carbons (Fsp3) is 0.903. The molecule has 1 aromatic rings. The molecule has 0 atom stereocenters. The first-order chi connectivity index (χ1) is 23.5. The number of likely N-dealkylation sites (tertiary alicyclic amines) is 2. The molecule has 0 saturated carbocycles. The van der Waals surface area contributed by atoms with Gasteiger partial charge in [0.2, 0.25) is 17.2 Å². The summed E-state index contributed by atoms with van der Waals surface area (Å²) in [6.45, 7) is -0.997. The number of unbranched alkanes of at least 4 members (excludes halogenated alkanes) is 2. The summed E-state index contributed by atoms with van der Waals surface area (Å²) in [5, 5.41) is 105. The van der Waals surface area contributed by atoms with E-state index in [0.29, 0.717) is 25.9 Å². The maximum Gasteiger partial charge on any atom is 0.231 e. The summed E-state index contributed by atoms with van der Waals surface area (Å²) >= 11 is 6.60. The third-order valence-corrected chi connectivity index (χ3v) is 11.0. The maximum absolute atomic E-state index is 10.5. The lowest BCUT2D eigenvalue weighted by Crippen LogP contribution is -2.73. The molecular weight excluding hydrogens is 666 g/mol. The number of rotatable bonds is 20. The van der Waals surface area contributed by atoms with Crippen LogP contribution in [0.1, 0.15) is 65.2 Å². The molecule has 0 bridgehead atoms. The van der Waals surface area contributed by atoms with Crippen LogP contribution < -0.4 is 9.80 Å². The van der Waals surface area contributed by atoms with Crippen LogP contribution in [0.5, 0.6) is 0 Å². The van der Waals surface area contributed by atoms with E-state index in [4.69, 9.17) is 16.6 Å². The Hall–Kier alpha value is -1.58. The van der Waals surface area contributed by atoms with Crippen molar-refractivity contribution in [3.05, 3.63) is 5.28 Å². The van der Waals surface area contributed by atoms with Crippen LogP contribution in [0.4, 0.5) is 11.9 Å². The van der Waals surface area contributed by atoms with Crippen molar-refractivity contribution in [3.8, 4) is 0 Å². The van der Waals surface area contributed by atoms with Crippen molar-refractivity contribution in [1.82, 2.24) is 24.8 Å². The van der Waals surface area contributed by atoms with Crippen LogP contribution in [0, 0.1) is 0 Å². The summed E-state index contributed by atoms with van der Waals surface area (Å²) in [6, 6.07) is -1.10. The Labute approximate surface area is 293 Å². The largest absolute Gasteiger partial charge is 0.394 e. The molecule has 17 nitrogen and oxygen atoms in total. The minimum Gasteiger partial charge on any atom is -0.394 e. The molecule has 0 spiro atoms. The Balaban J connectivity index is 2.19. The van der Waals surface area contributed by atoms with Crippen molar-refractivity contribution in [3.63, 3.8) is 0 Å². The van der Waals surface area contributed by atoms with E-state index in [1.807, 2.05) is 23.6 Å². The molecule has 0 radical (unpaired) electrons. The molecule has 3 heterocycles. The van der Waals surface area contributed by atoms with Gasteiger partial charge in [-0.25, -0.2) is 0 Å². The maximum atomic E-state index is 10.5. The molecule has 0 unspecified atom stereocenters. The highest BCUT2D eigenvalue weighted by molar-refractivity contribution is 6.28. The number of aliphatic hydroxyl groups is 10. The van der Waals surface area contributed by atoms with Crippen molar-refractivity contribution < 1.29 is 51.1 Å². The van der Waals surface area contributed by atoms with Gasteiger partial charge in [-0.2, -0.15) is 15.0 Å². The van der Waals surface area contributed by atoms with Gasteiger partial charge in [0.1, 0.15) is 0 Å². The predicted molar refractivity (Wildman–Crippen MR) is 181 cm³/mol. The van der Waals surface area contributed by atoms with Crippen LogP contribution in [0.25, 0.3) is 0 Å². The molecule has 1 aromatic heterocycles. The quantitative estimate of drug-likeness (QED) is 0.0665. The van der Waals surface area contributed by atoms with E-state index < -0.39 is 101 Å². The lowest BCUT2D eigenvalue weighted by atomic mass is 9.74. The molecule has 284 valence electrons. The third kappa shape index (κ3) is 8.09.